The zero-order valence-corrected chi connectivity index (χ0v) is 10.3. The lowest BCUT2D eigenvalue weighted by Crippen LogP contribution is -2.40. The molecule has 0 radical (unpaired) electrons. The third-order valence-corrected chi connectivity index (χ3v) is 3.73. The van der Waals surface area contributed by atoms with E-state index in [9.17, 15) is 0 Å². The monoisotopic (exact) mass is 214 g/mol. The molecule has 1 heterocycles. The van der Waals surface area contributed by atoms with Gasteiger partial charge in [-0.25, -0.2) is 0 Å². The number of ether oxygens (including phenoxy) is 1. The first-order valence-electron chi connectivity index (χ1n) is 6.20. The molecule has 1 aliphatic rings. The fraction of sp³-hybridized carbons (Fsp3) is 1.00. The lowest BCUT2D eigenvalue weighted by molar-refractivity contribution is 0.0699. The molecule has 1 rings (SSSR count). The van der Waals surface area contributed by atoms with Gasteiger partial charge in [-0.15, -0.1) is 0 Å². The highest BCUT2D eigenvalue weighted by atomic mass is 16.5. The Kier molecular flexibility index (Phi) is 5.58. The summed E-state index contributed by atoms with van der Waals surface area (Å²) in [5, 5.41) is 0. The van der Waals surface area contributed by atoms with Crippen molar-refractivity contribution < 1.29 is 4.74 Å². The summed E-state index contributed by atoms with van der Waals surface area (Å²) in [6.07, 6.45) is 3.98. The van der Waals surface area contributed by atoms with Crippen LogP contribution in [-0.2, 0) is 4.74 Å². The van der Waals surface area contributed by atoms with Gasteiger partial charge in [-0.2, -0.15) is 0 Å². The van der Waals surface area contributed by atoms with Crippen LogP contribution in [0.5, 0.6) is 0 Å². The van der Waals surface area contributed by atoms with Crippen LogP contribution in [-0.4, -0.2) is 44.3 Å². The molecule has 0 saturated carbocycles. The van der Waals surface area contributed by atoms with Crippen LogP contribution in [0.2, 0.25) is 0 Å². The summed E-state index contributed by atoms with van der Waals surface area (Å²) >= 11 is 0. The number of nitrogens with two attached hydrogens (primary N) is 1. The summed E-state index contributed by atoms with van der Waals surface area (Å²) < 4.78 is 5.40. The number of hydrogen-bond acceptors (Lipinski definition) is 3. The van der Waals surface area contributed by atoms with Gasteiger partial charge in [0.1, 0.15) is 0 Å². The van der Waals surface area contributed by atoms with E-state index in [-0.39, 0.29) is 0 Å². The Balaban J connectivity index is 2.09. The molecule has 0 aromatic rings. The maximum atomic E-state index is 5.40. The van der Waals surface area contributed by atoms with Gasteiger partial charge in [-0.1, -0.05) is 20.3 Å². The van der Waals surface area contributed by atoms with Gasteiger partial charge >= 0.3 is 0 Å². The van der Waals surface area contributed by atoms with Crippen molar-refractivity contribution in [2.45, 2.75) is 33.1 Å². The van der Waals surface area contributed by atoms with E-state index in [1.165, 1.54) is 32.4 Å². The van der Waals surface area contributed by atoms with Crippen molar-refractivity contribution >= 4 is 0 Å². The SMILES string of the molecule is CCC1(C)CCN(CCOCCN)CC1. The van der Waals surface area contributed by atoms with Crippen LogP contribution in [0.15, 0.2) is 0 Å². The largest absolute Gasteiger partial charge is 0.379 e. The van der Waals surface area contributed by atoms with Crippen LogP contribution < -0.4 is 5.73 Å². The lowest BCUT2D eigenvalue weighted by Gasteiger charge is -2.38. The Bertz CT molecular complexity index is 165. The Labute approximate surface area is 94.0 Å². The van der Waals surface area contributed by atoms with Crippen LogP contribution >= 0.6 is 0 Å². The number of hydrogen-bond donors (Lipinski definition) is 1. The molecule has 0 amide bonds. The van der Waals surface area contributed by atoms with Crippen LogP contribution in [0.25, 0.3) is 0 Å². The van der Waals surface area contributed by atoms with E-state index in [0.717, 1.165) is 13.2 Å². The highest BCUT2D eigenvalue weighted by molar-refractivity contribution is 4.80. The topological polar surface area (TPSA) is 38.5 Å². The summed E-state index contributed by atoms with van der Waals surface area (Å²) in [4.78, 5) is 2.51. The average molecular weight is 214 g/mol. The zero-order valence-electron chi connectivity index (χ0n) is 10.3. The maximum absolute atomic E-state index is 5.40. The number of likely N-dealkylation sites (tertiary alicyclic amines) is 1. The first kappa shape index (κ1) is 12.9. The minimum absolute atomic E-state index is 0.592. The molecule has 2 N–H and O–H groups in total. The first-order valence-corrected chi connectivity index (χ1v) is 6.20. The number of piperidine rings is 1. The summed E-state index contributed by atoms with van der Waals surface area (Å²) in [5.41, 5.74) is 5.95. The minimum Gasteiger partial charge on any atom is -0.379 e. The second kappa shape index (κ2) is 6.46. The quantitative estimate of drug-likeness (QED) is 0.681. The van der Waals surface area contributed by atoms with Crippen molar-refractivity contribution in [3.63, 3.8) is 0 Å². The third-order valence-electron chi connectivity index (χ3n) is 3.73. The highest BCUT2D eigenvalue weighted by Gasteiger charge is 2.27. The van der Waals surface area contributed by atoms with E-state index in [2.05, 4.69) is 18.7 Å². The smallest absolute Gasteiger partial charge is 0.0594 e. The summed E-state index contributed by atoms with van der Waals surface area (Å²) in [7, 11) is 0. The number of nitrogens with zero attached hydrogens (tertiary/aromatic N) is 1. The van der Waals surface area contributed by atoms with Gasteiger partial charge < -0.3 is 15.4 Å². The Morgan fingerprint density at radius 1 is 1.27 bits per heavy atom. The van der Waals surface area contributed by atoms with Crippen molar-refractivity contribution in [3.05, 3.63) is 0 Å². The molecule has 1 saturated heterocycles. The maximum Gasteiger partial charge on any atom is 0.0594 e. The highest BCUT2D eigenvalue weighted by Crippen LogP contribution is 2.33. The first-order chi connectivity index (χ1) is 7.20. The predicted molar refractivity (Wildman–Crippen MR) is 63.9 cm³/mol. The summed E-state index contributed by atoms with van der Waals surface area (Å²) in [6.45, 7) is 10.4. The Hall–Kier alpha value is -0.120. The molecule has 0 aliphatic carbocycles. The minimum atomic E-state index is 0.592. The average Bonchev–Trinajstić information content (AvgIpc) is 2.27. The van der Waals surface area contributed by atoms with Gasteiger partial charge in [0.15, 0.2) is 0 Å². The molecule has 0 unspecified atom stereocenters. The molecular weight excluding hydrogens is 188 g/mol. The lowest BCUT2D eigenvalue weighted by atomic mass is 9.78. The van der Waals surface area contributed by atoms with Gasteiger partial charge in [0, 0.05) is 13.1 Å². The van der Waals surface area contributed by atoms with Crippen molar-refractivity contribution in [1.82, 2.24) is 4.90 Å². The van der Waals surface area contributed by atoms with Crippen molar-refractivity contribution in [2.75, 3.05) is 39.4 Å². The van der Waals surface area contributed by atoms with E-state index in [0.29, 0.717) is 18.6 Å². The molecular formula is C12H26N2O. The second-order valence-corrected chi connectivity index (χ2v) is 4.91. The van der Waals surface area contributed by atoms with Gasteiger partial charge in [0.05, 0.1) is 13.2 Å². The summed E-state index contributed by atoms with van der Waals surface area (Å²) in [6, 6.07) is 0. The molecule has 0 atom stereocenters. The van der Waals surface area contributed by atoms with E-state index in [1.54, 1.807) is 0 Å². The second-order valence-electron chi connectivity index (χ2n) is 4.91. The zero-order chi connectivity index (χ0) is 11.1. The molecule has 3 nitrogen and oxygen atoms in total. The van der Waals surface area contributed by atoms with E-state index < -0.39 is 0 Å². The number of rotatable bonds is 6. The van der Waals surface area contributed by atoms with E-state index in [4.69, 9.17) is 10.5 Å². The fourth-order valence-electron chi connectivity index (χ4n) is 2.05. The van der Waals surface area contributed by atoms with Crippen LogP contribution in [0, 0.1) is 5.41 Å². The van der Waals surface area contributed by atoms with E-state index in [1.807, 2.05) is 0 Å². The third kappa shape index (κ3) is 4.49. The molecule has 1 aliphatic heterocycles. The van der Waals surface area contributed by atoms with Crippen molar-refractivity contribution in [3.8, 4) is 0 Å². The fourth-order valence-corrected chi connectivity index (χ4v) is 2.05. The van der Waals surface area contributed by atoms with Crippen molar-refractivity contribution in [2.24, 2.45) is 11.1 Å². The van der Waals surface area contributed by atoms with Crippen molar-refractivity contribution in [1.29, 1.82) is 0 Å². The van der Waals surface area contributed by atoms with Gasteiger partial charge in [-0.3, -0.25) is 0 Å². The predicted octanol–water partition coefficient (Wildman–Crippen LogP) is 1.47. The van der Waals surface area contributed by atoms with Crippen LogP contribution in [0.3, 0.4) is 0 Å². The van der Waals surface area contributed by atoms with E-state index >= 15 is 0 Å². The standard InChI is InChI=1S/C12H26N2O/c1-3-12(2)4-7-14(8-5-12)9-11-15-10-6-13/h3-11,13H2,1-2H3. The molecule has 0 bridgehead atoms. The normalized spacial score (nSPS) is 21.8. The van der Waals surface area contributed by atoms with Gasteiger partial charge in [0.2, 0.25) is 0 Å². The Morgan fingerprint density at radius 3 is 2.47 bits per heavy atom. The molecule has 15 heavy (non-hydrogen) atoms. The molecule has 90 valence electrons. The molecule has 1 fully saturated rings. The van der Waals surface area contributed by atoms with Crippen LogP contribution in [0.4, 0.5) is 0 Å². The molecule has 3 heteroatoms. The summed E-state index contributed by atoms with van der Waals surface area (Å²) in [5.74, 6) is 0. The van der Waals surface area contributed by atoms with Gasteiger partial charge in [0.25, 0.3) is 0 Å². The van der Waals surface area contributed by atoms with Crippen LogP contribution in [0.1, 0.15) is 33.1 Å². The van der Waals surface area contributed by atoms with Gasteiger partial charge in [-0.05, 0) is 31.3 Å². The molecule has 0 aromatic carbocycles. The Morgan fingerprint density at radius 2 is 1.93 bits per heavy atom. The molecule has 0 aromatic heterocycles. The molecule has 0 spiro atoms.